The number of benzene rings is 1. The third kappa shape index (κ3) is 3.80. The van der Waals surface area contributed by atoms with Gasteiger partial charge >= 0.3 is 0 Å². The molecule has 4 rings (SSSR count). The molecule has 3 aromatic rings. The van der Waals surface area contributed by atoms with Gasteiger partial charge in [0, 0.05) is 24.7 Å². The molecule has 2 aromatic heterocycles. The van der Waals surface area contributed by atoms with Gasteiger partial charge in [-0.15, -0.1) is 0 Å². The SMILES string of the molecule is CC(C)c1cc(C(=O)N2CCC(c3nc4ccccc4[nH]3)CC2)nn1C(C)(C)C. The summed E-state index contributed by atoms with van der Waals surface area (Å²) >= 11 is 0. The largest absolute Gasteiger partial charge is 0.342 e. The Balaban J connectivity index is 1.48. The molecule has 29 heavy (non-hydrogen) atoms. The highest BCUT2D eigenvalue weighted by atomic mass is 16.2. The number of para-hydroxylation sites is 2. The van der Waals surface area contributed by atoms with Gasteiger partial charge in [0.1, 0.15) is 5.82 Å². The first-order valence-electron chi connectivity index (χ1n) is 10.6. The normalized spacial score (nSPS) is 16.1. The fourth-order valence-electron chi connectivity index (χ4n) is 4.13. The van der Waals surface area contributed by atoms with Crippen molar-refractivity contribution in [2.24, 2.45) is 0 Å². The molecule has 0 aliphatic carbocycles. The van der Waals surface area contributed by atoms with E-state index in [4.69, 9.17) is 10.1 Å². The molecule has 0 atom stereocenters. The van der Waals surface area contributed by atoms with E-state index in [2.05, 4.69) is 45.7 Å². The minimum atomic E-state index is -0.146. The van der Waals surface area contributed by atoms with Crippen molar-refractivity contribution in [2.45, 2.75) is 64.8 Å². The van der Waals surface area contributed by atoms with Gasteiger partial charge in [-0.05, 0) is 57.7 Å². The Kier molecular flexibility index (Phi) is 4.97. The van der Waals surface area contributed by atoms with Crippen LogP contribution in [-0.4, -0.2) is 43.6 Å². The number of nitrogens with zero attached hydrogens (tertiary/aromatic N) is 4. The molecule has 1 saturated heterocycles. The second-order valence-electron chi connectivity index (χ2n) is 9.40. The molecule has 1 amide bonds. The summed E-state index contributed by atoms with van der Waals surface area (Å²) in [5.74, 6) is 1.77. The fourth-order valence-corrected chi connectivity index (χ4v) is 4.13. The number of H-pyrrole nitrogens is 1. The summed E-state index contributed by atoms with van der Waals surface area (Å²) in [4.78, 5) is 23.3. The van der Waals surface area contributed by atoms with Crippen LogP contribution >= 0.6 is 0 Å². The molecule has 3 heterocycles. The highest BCUT2D eigenvalue weighted by Gasteiger charge is 2.29. The van der Waals surface area contributed by atoms with Gasteiger partial charge in [0.25, 0.3) is 5.91 Å². The van der Waals surface area contributed by atoms with Gasteiger partial charge in [-0.1, -0.05) is 26.0 Å². The number of imidazole rings is 1. The molecule has 1 fully saturated rings. The third-order valence-corrected chi connectivity index (χ3v) is 5.76. The number of likely N-dealkylation sites (tertiary alicyclic amines) is 1. The monoisotopic (exact) mass is 393 g/mol. The molecule has 6 heteroatoms. The lowest BCUT2D eigenvalue weighted by atomic mass is 9.96. The van der Waals surface area contributed by atoms with Crippen LogP contribution in [-0.2, 0) is 5.54 Å². The predicted octanol–water partition coefficient (Wildman–Crippen LogP) is 4.66. The van der Waals surface area contributed by atoms with Crippen molar-refractivity contribution in [3.05, 3.63) is 47.5 Å². The Morgan fingerprint density at radius 2 is 1.86 bits per heavy atom. The summed E-state index contributed by atoms with van der Waals surface area (Å²) in [5, 5.41) is 4.69. The Bertz CT molecular complexity index is 982. The molecule has 1 N–H and O–H groups in total. The van der Waals surface area contributed by atoms with Crippen molar-refractivity contribution < 1.29 is 4.79 Å². The highest BCUT2D eigenvalue weighted by Crippen LogP contribution is 2.29. The van der Waals surface area contributed by atoms with E-state index in [1.54, 1.807) is 0 Å². The molecule has 0 saturated carbocycles. The summed E-state index contributed by atoms with van der Waals surface area (Å²) in [6.07, 6.45) is 1.84. The first-order valence-corrected chi connectivity index (χ1v) is 10.6. The number of carbonyl (C=O) groups is 1. The minimum absolute atomic E-state index is 0.0398. The molecule has 0 radical (unpaired) electrons. The van der Waals surface area contributed by atoms with Crippen LogP contribution in [0.2, 0.25) is 0 Å². The maximum atomic E-state index is 13.1. The average Bonchev–Trinajstić information content (AvgIpc) is 3.32. The fraction of sp³-hybridized carbons (Fsp3) is 0.522. The van der Waals surface area contributed by atoms with Gasteiger partial charge in [0.05, 0.1) is 16.6 Å². The second-order valence-corrected chi connectivity index (χ2v) is 9.40. The van der Waals surface area contributed by atoms with Crippen LogP contribution in [0.15, 0.2) is 30.3 Å². The Morgan fingerprint density at radius 3 is 2.45 bits per heavy atom. The lowest BCUT2D eigenvalue weighted by molar-refractivity contribution is 0.0703. The van der Waals surface area contributed by atoms with E-state index in [0.29, 0.717) is 17.5 Å². The van der Waals surface area contributed by atoms with Crippen molar-refractivity contribution >= 4 is 16.9 Å². The molecule has 1 aromatic carbocycles. The molecular weight excluding hydrogens is 362 g/mol. The Labute approximate surface area is 172 Å². The lowest BCUT2D eigenvalue weighted by Gasteiger charge is -2.30. The first-order chi connectivity index (χ1) is 13.7. The molecule has 0 bridgehead atoms. The standard InChI is InChI=1S/C23H31N5O/c1-15(2)20-14-19(26-28(20)23(3,4)5)22(29)27-12-10-16(11-13-27)21-24-17-8-6-7-9-18(17)25-21/h6-9,14-16H,10-13H2,1-5H3,(H,24,25). The van der Waals surface area contributed by atoms with Crippen molar-refractivity contribution in [3.63, 3.8) is 0 Å². The zero-order valence-corrected chi connectivity index (χ0v) is 18.1. The summed E-state index contributed by atoms with van der Waals surface area (Å²) < 4.78 is 2.01. The van der Waals surface area contributed by atoms with Crippen LogP contribution in [0.3, 0.4) is 0 Å². The van der Waals surface area contributed by atoms with Crippen LogP contribution in [0, 0.1) is 0 Å². The molecule has 6 nitrogen and oxygen atoms in total. The number of carbonyl (C=O) groups excluding carboxylic acids is 1. The van der Waals surface area contributed by atoms with Gasteiger partial charge in [-0.25, -0.2) is 4.98 Å². The number of hydrogen-bond donors (Lipinski definition) is 1. The van der Waals surface area contributed by atoms with Gasteiger partial charge < -0.3 is 9.88 Å². The summed E-state index contributed by atoms with van der Waals surface area (Å²) in [5.41, 5.74) is 3.61. The van der Waals surface area contributed by atoms with E-state index >= 15 is 0 Å². The predicted molar refractivity (Wildman–Crippen MR) is 115 cm³/mol. The van der Waals surface area contributed by atoms with Crippen LogP contribution in [0.5, 0.6) is 0 Å². The number of amides is 1. The topological polar surface area (TPSA) is 66.8 Å². The minimum Gasteiger partial charge on any atom is -0.342 e. The average molecular weight is 394 g/mol. The van der Waals surface area contributed by atoms with E-state index in [-0.39, 0.29) is 11.4 Å². The van der Waals surface area contributed by atoms with E-state index in [0.717, 1.165) is 48.5 Å². The van der Waals surface area contributed by atoms with Crippen LogP contribution in [0.4, 0.5) is 0 Å². The zero-order valence-electron chi connectivity index (χ0n) is 18.1. The Morgan fingerprint density at radius 1 is 1.17 bits per heavy atom. The number of piperidine rings is 1. The summed E-state index contributed by atoms with van der Waals surface area (Å²) in [6, 6.07) is 10.1. The number of fused-ring (bicyclic) bond motifs is 1. The smallest absolute Gasteiger partial charge is 0.274 e. The van der Waals surface area contributed by atoms with E-state index in [1.807, 2.05) is 33.8 Å². The second kappa shape index (κ2) is 7.32. The zero-order chi connectivity index (χ0) is 20.8. The van der Waals surface area contributed by atoms with Crippen molar-refractivity contribution in [2.75, 3.05) is 13.1 Å². The molecule has 0 spiro atoms. The summed E-state index contributed by atoms with van der Waals surface area (Å²) in [7, 11) is 0. The van der Waals surface area contributed by atoms with Gasteiger partial charge in [-0.3, -0.25) is 9.48 Å². The van der Waals surface area contributed by atoms with Gasteiger partial charge in [0.2, 0.25) is 0 Å². The number of rotatable bonds is 3. The van der Waals surface area contributed by atoms with Crippen molar-refractivity contribution in [1.82, 2.24) is 24.6 Å². The maximum absolute atomic E-state index is 13.1. The van der Waals surface area contributed by atoms with E-state index < -0.39 is 0 Å². The van der Waals surface area contributed by atoms with Gasteiger partial charge in [0.15, 0.2) is 5.69 Å². The molecular formula is C23H31N5O. The highest BCUT2D eigenvalue weighted by molar-refractivity contribution is 5.92. The molecule has 1 aliphatic heterocycles. The van der Waals surface area contributed by atoms with E-state index in [9.17, 15) is 4.79 Å². The van der Waals surface area contributed by atoms with Crippen LogP contribution in [0.25, 0.3) is 11.0 Å². The summed E-state index contributed by atoms with van der Waals surface area (Å²) in [6.45, 7) is 12.1. The Hall–Kier alpha value is -2.63. The van der Waals surface area contributed by atoms with Crippen molar-refractivity contribution in [3.8, 4) is 0 Å². The molecule has 1 aliphatic rings. The van der Waals surface area contributed by atoms with E-state index in [1.165, 1.54) is 0 Å². The van der Waals surface area contributed by atoms with Gasteiger partial charge in [-0.2, -0.15) is 5.10 Å². The number of aromatic nitrogens is 4. The number of aromatic amines is 1. The molecule has 0 unspecified atom stereocenters. The lowest BCUT2D eigenvalue weighted by Crippen LogP contribution is -2.38. The van der Waals surface area contributed by atoms with Crippen LogP contribution < -0.4 is 0 Å². The number of nitrogens with one attached hydrogen (secondary N) is 1. The van der Waals surface area contributed by atoms with Crippen LogP contribution in [0.1, 0.15) is 81.3 Å². The first kappa shape index (κ1) is 19.7. The number of hydrogen-bond acceptors (Lipinski definition) is 3. The maximum Gasteiger partial charge on any atom is 0.274 e. The quantitative estimate of drug-likeness (QED) is 0.704. The van der Waals surface area contributed by atoms with Crippen molar-refractivity contribution in [1.29, 1.82) is 0 Å². The third-order valence-electron chi connectivity index (χ3n) is 5.76. The molecule has 154 valence electrons.